The van der Waals surface area contributed by atoms with Gasteiger partial charge in [0.05, 0.1) is 6.61 Å². The topological polar surface area (TPSA) is 69.6 Å². The lowest BCUT2D eigenvalue weighted by atomic mass is 10.2. The van der Waals surface area contributed by atoms with E-state index in [4.69, 9.17) is 16.7 Å². The molecule has 20 heavy (non-hydrogen) atoms. The fraction of sp³-hybridized carbons (Fsp3) is 0.500. The maximum atomic E-state index is 13.9. The summed E-state index contributed by atoms with van der Waals surface area (Å²) in [5.74, 6) is -0.975. The van der Waals surface area contributed by atoms with Gasteiger partial charge in [0.25, 0.3) is 0 Å². The number of nitrogens with one attached hydrogen (secondary N) is 1. The number of hydrogen-bond acceptors (Lipinski definition) is 4. The van der Waals surface area contributed by atoms with Crippen molar-refractivity contribution in [3.05, 3.63) is 28.5 Å². The molecule has 0 saturated heterocycles. The molecule has 0 amide bonds. The van der Waals surface area contributed by atoms with E-state index in [1.165, 1.54) is 6.07 Å². The summed E-state index contributed by atoms with van der Waals surface area (Å²) in [5, 5.41) is 9.05. The van der Waals surface area contributed by atoms with Crippen LogP contribution in [0, 0.1) is 5.82 Å². The monoisotopic (exact) mass is 324 g/mol. The molecule has 0 aliphatic rings. The second kappa shape index (κ2) is 7.33. The highest BCUT2D eigenvalue weighted by molar-refractivity contribution is 7.89. The molecule has 1 aromatic rings. The quantitative estimate of drug-likeness (QED) is 0.740. The molecule has 0 aliphatic heterocycles. The summed E-state index contributed by atoms with van der Waals surface area (Å²) >= 11 is 5.73. The standard InChI is InChI=1S/C12H18ClFN2O3S/c1-16(2)5-3-4-15-20(18,19)11-7-10(13)6-9(8-17)12(11)14/h6-7,15,17H,3-5,8H2,1-2H3. The zero-order valence-electron chi connectivity index (χ0n) is 11.4. The summed E-state index contributed by atoms with van der Waals surface area (Å²) in [7, 11) is -0.236. The minimum absolute atomic E-state index is 0.0594. The van der Waals surface area contributed by atoms with E-state index in [1.807, 2.05) is 19.0 Å². The summed E-state index contributed by atoms with van der Waals surface area (Å²) < 4.78 is 40.3. The van der Waals surface area contributed by atoms with Crippen LogP contribution in [-0.4, -0.2) is 45.6 Å². The third kappa shape index (κ3) is 4.68. The fourth-order valence-electron chi connectivity index (χ4n) is 1.61. The lowest BCUT2D eigenvalue weighted by Crippen LogP contribution is -2.28. The first kappa shape index (κ1) is 17.3. The molecule has 0 atom stereocenters. The molecular weight excluding hydrogens is 307 g/mol. The molecule has 2 N–H and O–H groups in total. The Bertz CT molecular complexity index is 564. The maximum Gasteiger partial charge on any atom is 0.243 e. The van der Waals surface area contributed by atoms with Crippen molar-refractivity contribution in [1.29, 1.82) is 0 Å². The lowest BCUT2D eigenvalue weighted by Gasteiger charge is -2.12. The van der Waals surface area contributed by atoms with E-state index in [9.17, 15) is 12.8 Å². The molecule has 0 unspecified atom stereocenters. The van der Waals surface area contributed by atoms with E-state index in [0.29, 0.717) is 13.0 Å². The molecule has 0 bridgehead atoms. The molecule has 0 fully saturated rings. The Kier molecular flexibility index (Phi) is 6.35. The maximum absolute atomic E-state index is 13.9. The average molecular weight is 325 g/mol. The van der Waals surface area contributed by atoms with Gasteiger partial charge in [-0.15, -0.1) is 0 Å². The minimum atomic E-state index is -3.98. The van der Waals surface area contributed by atoms with Crippen LogP contribution in [0.2, 0.25) is 5.02 Å². The van der Waals surface area contributed by atoms with E-state index < -0.39 is 27.3 Å². The molecular formula is C12H18ClFN2O3S. The fourth-order valence-corrected chi connectivity index (χ4v) is 3.13. The normalized spacial score (nSPS) is 12.1. The number of rotatable bonds is 7. The van der Waals surface area contributed by atoms with Gasteiger partial charge >= 0.3 is 0 Å². The number of nitrogens with zero attached hydrogens (tertiary/aromatic N) is 1. The van der Waals surface area contributed by atoms with Crippen molar-refractivity contribution in [1.82, 2.24) is 9.62 Å². The van der Waals surface area contributed by atoms with Gasteiger partial charge in [0, 0.05) is 17.1 Å². The molecule has 8 heteroatoms. The van der Waals surface area contributed by atoms with Crippen LogP contribution in [0.4, 0.5) is 4.39 Å². The smallest absolute Gasteiger partial charge is 0.243 e. The van der Waals surface area contributed by atoms with Crippen molar-refractivity contribution in [2.75, 3.05) is 27.2 Å². The second-order valence-electron chi connectivity index (χ2n) is 4.59. The summed E-state index contributed by atoms with van der Waals surface area (Å²) in [6, 6.07) is 2.23. The Balaban J connectivity index is 2.90. The Morgan fingerprint density at radius 3 is 2.60 bits per heavy atom. The van der Waals surface area contributed by atoms with Gasteiger partial charge < -0.3 is 10.0 Å². The molecule has 5 nitrogen and oxygen atoms in total. The Hall–Kier alpha value is -0.730. The summed E-state index contributed by atoms with van der Waals surface area (Å²) in [5.41, 5.74) is -0.147. The van der Waals surface area contributed by atoms with Gasteiger partial charge in [-0.25, -0.2) is 17.5 Å². The van der Waals surface area contributed by atoms with E-state index in [-0.39, 0.29) is 17.1 Å². The van der Waals surface area contributed by atoms with Gasteiger partial charge in [-0.1, -0.05) is 11.6 Å². The van der Waals surface area contributed by atoms with E-state index in [1.54, 1.807) is 0 Å². The lowest BCUT2D eigenvalue weighted by molar-refractivity contribution is 0.274. The van der Waals surface area contributed by atoms with Crippen molar-refractivity contribution >= 4 is 21.6 Å². The van der Waals surface area contributed by atoms with Crippen LogP contribution in [-0.2, 0) is 16.6 Å². The molecule has 114 valence electrons. The van der Waals surface area contributed by atoms with Crippen molar-refractivity contribution in [3.8, 4) is 0 Å². The van der Waals surface area contributed by atoms with Crippen molar-refractivity contribution in [2.24, 2.45) is 0 Å². The number of aliphatic hydroxyl groups is 1. The highest BCUT2D eigenvalue weighted by Crippen LogP contribution is 2.23. The van der Waals surface area contributed by atoms with Gasteiger partial charge in [-0.2, -0.15) is 0 Å². The van der Waals surface area contributed by atoms with Crippen molar-refractivity contribution in [3.63, 3.8) is 0 Å². The number of aliphatic hydroxyl groups excluding tert-OH is 1. The first-order chi connectivity index (χ1) is 9.27. The van der Waals surface area contributed by atoms with Gasteiger partial charge in [-0.05, 0) is 39.2 Å². The molecule has 1 aromatic carbocycles. The van der Waals surface area contributed by atoms with Gasteiger partial charge in [-0.3, -0.25) is 0 Å². The van der Waals surface area contributed by atoms with E-state index >= 15 is 0 Å². The summed E-state index contributed by atoms with van der Waals surface area (Å²) in [6.45, 7) is 0.291. The van der Waals surface area contributed by atoms with E-state index in [0.717, 1.165) is 6.07 Å². The van der Waals surface area contributed by atoms with E-state index in [2.05, 4.69) is 4.72 Å². The summed E-state index contributed by atoms with van der Waals surface area (Å²) in [6.07, 6.45) is 0.598. The third-order valence-electron chi connectivity index (χ3n) is 2.61. The number of benzene rings is 1. The minimum Gasteiger partial charge on any atom is -0.392 e. The second-order valence-corrected chi connectivity index (χ2v) is 6.76. The van der Waals surface area contributed by atoms with Crippen LogP contribution in [0.3, 0.4) is 0 Å². The highest BCUT2D eigenvalue weighted by Gasteiger charge is 2.21. The number of halogens is 2. The largest absolute Gasteiger partial charge is 0.392 e. The van der Waals surface area contributed by atoms with Crippen LogP contribution < -0.4 is 4.72 Å². The Labute approximate surface area is 123 Å². The van der Waals surface area contributed by atoms with Crippen molar-refractivity contribution in [2.45, 2.75) is 17.9 Å². The predicted octanol–water partition coefficient (Wildman–Crippen LogP) is 1.20. The zero-order valence-corrected chi connectivity index (χ0v) is 12.9. The van der Waals surface area contributed by atoms with Crippen molar-refractivity contribution < 1.29 is 17.9 Å². The number of hydrogen-bond donors (Lipinski definition) is 2. The van der Waals surface area contributed by atoms with Gasteiger partial charge in [0.2, 0.25) is 10.0 Å². The molecule has 0 aliphatic carbocycles. The van der Waals surface area contributed by atoms with Gasteiger partial charge in [0.15, 0.2) is 0 Å². The SMILES string of the molecule is CN(C)CCCNS(=O)(=O)c1cc(Cl)cc(CO)c1F. The molecule has 0 saturated carbocycles. The molecule has 0 radical (unpaired) electrons. The third-order valence-corrected chi connectivity index (χ3v) is 4.29. The van der Waals surface area contributed by atoms with Crippen LogP contribution >= 0.6 is 11.6 Å². The molecule has 1 rings (SSSR count). The predicted molar refractivity (Wildman–Crippen MR) is 75.7 cm³/mol. The summed E-state index contributed by atoms with van der Waals surface area (Å²) in [4.78, 5) is 1.37. The van der Waals surface area contributed by atoms with Crippen LogP contribution in [0.25, 0.3) is 0 Å². The first-order valence-corrected chi connectivity index (χ1v) is 7.87. The van der Waals surface area contributed by atoms with Crippen LogP contribution in [0.1, 0.15) is 12.0 Å². The molecule has 0 heterocycles. The Morgan fingerprint density at radius 2 is 2.05 bits per heavy atom. The first-order valence-electron chi connectivity index (χ1n) is 6.01. The van der Waals surface area contributed by atoms with Crippen LogP contribution in [0.5, 0.6) is 0 Å². The number of sulfonamides is 1. The van der Waals surface area contributed by atoms with Gasteiger partial charge in [0.1, 0.15) is 10.7 Å². The highest BCUT2D eigenvalue weighted by atomic mass is 35.5. The average Bonchev–Trinajstić information content (AvgIpc) is 2.36. The Morgan fingerprint density at radius 1 is 1.40 bits per heavy atom. The zero-order chi connectivity index (χ0) is 15.3. The molecule has 0 aromatic heterocycles. The van der Waals surface area contributed by atoms with Crippen LogP contribution in [0.15, 0.2) is 17.0 Å². The molecule has 0 spiro atoms.